The van der Waals surface area contributed by atoms with Gasteiger partial charge in [-0.05, 0) is 47.1 Å². The lowest BCUT2D eigenvalue weighted by Crippen LogP contribution is -2.55. The number of ether oxygens (including phenoxy) is 1. The van der Waals surface area contributed by atoms with Crippen molar-refractivity contribution in [3.8, 4) is 0 Å². The van der Waals surface area contributed by atoms with Gasteiger partial charge in [0, 0.05) is 68.1 Å². The van der Waals surface area contributed by atoms with Gasteiger partial charge in [-0.3, -0.25) is 4.90 Å². The van der Waals surface area contributed by atoms with Gasteiger partial charge in [0.15, 0.2) is 11.5 Å². The maximum Gasteiger partial charge on any atom is 0.410 e. The molecule has 1 fully saturated rings. The summed E-state index contributed by atoms with van der Waals surface area (Å²) in [6.07, 6.45) is 5.40. The van der Waals surface area contributed by atoms with E-state index in [4.69, 9.17) is 4.74 Å². The third-order valence-electron chi connectivity index (χ3n) is 6.57. The molecule has 0 aliphatic carbocycles. The number of carbonyl (C=O) groups is 2. The maximum atomic E-state index is 14.5. The minimum atomic E-state index is -0.543. The second-order valence-electron chi connectivity index (χ2n) is 10.6. The van der Waals surface area contributed by atoms with Crippen LogP contribution in [-0.2, 0) is 11.2 Å². The molecule has 3 aromatic heterocycles. The molecule has 0 aromatic carbocycles. The molecule has 1 atom stereocenters. The number of carbonyl (C=O) groups excluding carboxylic acids is 2. The molecular formula is C26H32FN7O3. The van der Waals surface area contributed by atoms with Crippen LogP contribution in [0.5, 0.6) is 0 Å². The van der Waals surface area contributed by atoms with Crippen LogP contribution in [0, 0.1) is 12.7 Å². The Kier molecular flexibility index (Phi) is 6.17. The first kappa shape index (κ1) is 24.8. The van der Waals surface area contributed by atoms with E-state index < -0.39 is 11.4 Å². The number of aryl methyl sites for hydroxylation is 1. The molecule has 3 amide bonds. The predicted octanol–water partition coefficient (Wildman–Crippen LogP) is 4.22. The average Bonchev–Trinajstić information content (AvgIpc) is 3.41. The maximum absolute atomic E-state index is 14.5. The molecule has 2 aliphatic rings. The number of hydrogen-bond acceptors (Lipinski definition) is 6. The smallest absolute Gasteiger partial charge is 0.410 e. The van der Waals surface area contributed by atoms with Crippen LogP contribution in [0.1, 0.15) is 39.0 Å². The van der Waals surface area contributed by atoms with Crippen molar-refractivity contribution in [1.29, 1.82) is 0 Å². The largest absolute Gasteiger partial charge is 0.444 e. The standard InChI is InChI=1S/C26H32FN7O3/c1-16-13-32-15-18(12-20(27)23(32)29-16)30-24(35)34-9-7-19-21(6-8-28-22(19)34)31-10-11-33(17(2)14-31)25(36)37-26(3,4)5/h6,8,12-13,15,17H,7,9-11,14H2,1-5H3,(H,30,35)/t17-/m1/s1. The zero-order valence-electron chi connectivity index (χ0n) is 21.8. The monoisotopic (exact) mass is 509 g/mol. The number of fused-ring (bicyclic) bond motifs is 2. The summed E-state index contributed by atoms with van der Waals surface area (Å²) < 4.78 is 21.6. The number of nitrogens with one attached hydrogen (secondary N) is 1. The van der Waals surface area contributed by atoms with Gasteiger partial charge in [0.1, 0.15) is 11.4 Å². The number of piperazine rings is 1. The average molecular weight is 510 g/mol. The molecular weight excluding hydrogens is 477 g/mol. The Hall–Kier alpha value is -3.89. The quantitative estimate of drug-likeness (QED) is 0.556. The van der Waals surface area contributed by atoms with Gasteiger partial charge in [0.05, 0.1) is 11.4 Å². The minimum absolute atomic E-state index is 0.0372. The molecule has 5 heterocycles. The van der Waals surface area contributed by atoms with Crippen molar-refractivity contribution in [3.05, 3.63) is 47.8 Å². The van der Waals surface area contributed by atoms with Crippen molar-refractivity contribution in [2.45, 2.75) is 52.7 Å². The number of rotatable bonds is 2. The van der Waals surface area contributed by atoms with E-state index in [0.717, 1.165) is 11.3 Å². The van der Waals surface area contributed by atoms with E-state index in [2.05, 4.69) is 20.2 Å². The van der Waals surface area contributed by atoms with Crippen LogP contribution in [0.25, 0.3) is 5.65 Å². The van der Waals surface area contributed by atoms with Gasteiger partial charge in [-0.25, -0.2) is 23.9 Å². The third kappa shape index (κ3) is 4.90. The number of urea groups is 1. The molecule has 10 nitrogen and oxygen atoms in total. The van der Waals surface area contributed by atoms with E-state index in [1.807, 2.05) is 33.8 Å². The van der Waals surface area contributed by atoms with E-state index >= 15 is 0 Å². The fourth-order valence-electron chi connectivity index (χ4n) is 4.97. The SMILES string of the molecule is Cc1cn2cc(NC(=O)N3CCc4c(N5CCN(C(=O)OC(C)(C)C)[C@H](C)C5)ccnc43)cc(F)c2n1. The van der Waals surface area contributed by atoms with Crippen molar-refractivity contribution in [2.24, 2.45) is 0 Å². The van der Waals surface area contributed by atoms with Crippen LogP contribution < -0.4 is 15.1 Å². The lowest BCUT2D eigenvalue weighted by Gasteiger charge is -2.41. The molecule has 11 heteroatoms. The first-order valence-electron chi connectivity index (χ1n) is 12.5. The van der Waals surface area contributed by atoms with E-state index in [1.54, 1.807) is 39.7 Å². The number of pyridine rings is 2. The van der Waals surface area contributed by atoms with E-state index in [9.17, 15) is 14.0 Å². The van der Waals surface area contributed by atoms with Crippen molar-refractivity contribution in [2.75, 3.05) is 41.3 Å². The van der Waals surface area contributed by atoms with Crippen molar-refractivity contribution < 1.29 is 18.7 Å². The van der Waals surface area contributed by atoms with Crippen LogP contribution in [-0.4, -0.2) is 69.2 Å². The van der Waals surface area contributed by atoms with Gasteiger partial charge in [0.2, 0.25) is 0 Å². The van der Waals surface area contributed by atoms with Gasteiger partial charge >= 0.3 is 12.1 Å². The topological polar surface area (TPSA) is 95.3 Å². The summed E-state index contributed by atoms with van der Waals surface area (Å²) in [6.45, 7) is 11.7. The molecule has 1 N–H and O–H groups in total. The van der Waals surface area contributed by atoms with Crippen LogP contribution in [0.4, 0.5) is 31.2 Å². The van der Waals surface area contributed by atoms with Crippen molar-refractivity contribution in [3.63, 3.8) is 0 Å². The number of halogens is 1. The molecule has 5 rings (SSSR count). The second-order valence-corrected chi connectivity index (χ2v) is 10.6. The van der Waals surface area contributed by atoms with Crippen molar-refractivity contribution >= 4 is 35.0 Å². The van der Waals surface area contributed by atoms with Crippen LogP contribution in [0.2, 0.25) is 0 Å². The molecule has 0 bridgehead atoms. The van der Waals surface area contributed by atoms with Crippen molar-refractivity contribution in [1.82, 2.24) is 19.3 Å². The lowest BCUT2D eigenvalue weighted by atomic mass is 10.1. The van der Waals surface area contributed by atoms with E-state index in [-0.39, 0.29) is 23.8 Å². The summed E-state index contributed by atoms with van der Waals surface area (Å²) in [5.74, 6) is 0.0880. The molecule has 0 saturated carbocycles. The van der Waals surface area contributed by atoms with E-state index in [1.165, 1.54) is 6.07 Å². The highest BCUT2D eigenvalue weighted by Gasteiger charge is 2.34. The highest BCUT2D eigenvalue weighted by Crippen LogP contribution is 2.35. The number of aromatic nitrogens is 3. The zero-order valence-corrected chi connectivity index (χ0v) is 21.8. The Bertz CT molecular complexity index is 1370. The molecule has 196 valence electrons. The lowest BCUT2D eigenvalue weighted by molar-refractivity contribution is 0.0159. The number of anilines is 3. The Morgan fingerprint density at radius 2 is 1.97 bits per heavy atom. The summed E-state index contributed by atoms with van der Waals surface area (Å²) in [5.41, 5.74) is 2.70. The highest BCUT2D eigenvalue weighted by molar-refractivity contribution is 6.03. The second kappa shape index (κ2) is 9.20. The third-order valence-corrected chi connectivity index (χ3v) is 6.57. The number of nitrogens with zero attached hydrogens (tertiary/aromatic N) is 6. The first-order valence-corrected chi connectivity index (χ1v) is 12.5. The number of imidazole rings is 1. The molecule has 37 heavy (non-hydrogen) atoms. The Labute approximate surface area is 215 Å². The van der Waals surface area contributed by atoms with E-state index in [0.29, 0.717) is 49.8 Å². The fraction of sp³-hybridized carbons (Fsp3) is 0.462. The fourth-order valence-corrected chi connectivity index (χ4v) is 4.97. The summed E-state index contributed by atoms with van der Waals surface area (Å²) in [4.78, 5) is 40.0. The number of hydrogen-bond donors (Lipinski definition) is 1. The summed E-state index contributed by atoms with van der Waals surface area (Å²) in [6, 6.07) is 2.82. The normalized spacial score (nSPS) is 17.8. The number of amides is 3. The van der Waals surface area contributed by atoms with Crippen LogP contribution >= 0.6 is 0 Å². The summed E-state index contributed by atoms with van der Waals surface area (Å²) in [7, 11) is 0. The highest BCUT2D eigenvalue weighted by atomic mass is 19.1. The predicted molar refractivity (Wildman–Crippen MR) is 139 cm³/mol. The Morgan fingerprint density at radius 3 is 2.70 bits per heavy atom. The van der Waals surface area contributed by atoms with Gasteiger partial charge in [-0.15, -0.1) is 0 Å². The summed E-state index contributed by atoms with van der Waals surface area (Å²) in [5, 5.41) is 2.80. The Morgan fingerprint density at radius 1 is 1.19 bits per heavy atom. The van der Waals surface area contributed by atoms with Crippen LogP contribution in [0.3, 0.4) is 0 Å². The first-order chi connectivity index (χ1) is 17.5. The van der Waals surface area contributed by atoms with Gasteiger partial charge in [-0.1, -0.05) is 0 Å². The van der Waals surface area contributed by atoms with Gasteiger partial charge in [-0.2, -0.15) is 0 Å². The zero-order chi connectivity index (χ0) is 26.5. The van der Waals surface area contributed by atoms with Gasteiger partial charge in [0.25, 0.3) is 0 Å². The molecule has 0 spiro atoms. The van der Waals surface area contributed by atoms with Crippen LogP contribution in [0.15, 0.2) is 30.7 Å². The molecule has 0 radical (unpaired) electrons. The Balaban J connectivity index is 1.31. The van der Waals surface area contributed by atoms with Gasteiger partial charge < -0.3 is 24.3 Å². The summed E-state index contributed by atoms with van der Waals surface area (Å²) >= 11 is 0. The minimum Gasteiger partial charge on any atom is -0.444 e. The molecule has 1 saturated heterocycles. The molecule has 0 unspecified atom stereocenters. The molecule has 2 aliphatic heterocycles. The molecule has 3 aromatic rings.